The molecular formula is C31H29Cl3N4O4S. The molecule has 0 spiro atoms. The number of thioether (sulfide) groups is 1. The van der Waals surface area contributed by atoms with Gasteiger partial charge in [0.15, 0.2) is 11.5 Å². The molecule has 0 radical (unpaired) electrons. The quantitative estimate of drug-likeness (QED) is 0.127. The zero-order valence-electron chi connectivity index (χ0n) is 23.7. The molecule has 1 unspecified atom stereocenters. The van der Waals surface area contributed by atoms with Gasteiger partial charge in [-0.05, 0) is 62.2 Å². The number of carbonyl (C=O) groups excluding carboxylic acids is 1. The standard InChI is InChI=1S/C31H29Cl3N4O4S/c1-4-40-26-15-19(13-14-25(26)42-16-21-23(33)11-8-12-24(21)34)28-27(29(39)41-5-2)18(3)35-30-36-31(37-38(28)30)43-17-20-9-6-7-10-22(20)32/h6-15,28H,4-5,16-17H2,1-3H3,(H,35,36,37). The summed E-state index contributed by atoms with van der Waals surface area (Å²) in [7, 11) is 0. The number of hydrogen-bond acceptors (Lipinski definition) is 8. The van der Waals surface area contributed by atoms with E-state index in [4.69, 9.17) is 59.1 Å². The van der Waals surface area contributed by atoms with Crippen LogP contribution in [-0.4, -0.2) is 33.9 Å². The Balaban J connectivity index is 1.50. The van der Waals surface area contributed by atoms with Gasteiger partial charge in [-0.2, -0.15) is 4.98 Å². The number of allylic oxidation sites excluding steroid dienone is 1. The second-order valence-electron chi connectivity index (χ2n) is 9.46. The number of anilines is 1. The van der Waals surface area contributed by atoms with Crippen LogP contribution < -0.4 is 14.8 Å². The molecule has 0 aliphatic carbocycles. The zero-order chi connectivity index (χ0) is 30.5. The highest BCUT2D eigenvalue weighted by Crippen LogP contribution is 2.41. The fourth-order valence-corrected chi connectivity index (χ4v) is 6.26. The van der Waals surface area contributed by atoms with Gasteiger partial charge in [0.1, 0.15) is 12.6 Å². The van der Waals surface area contributed by atoms with Crippen LogP contribution in [0.3, 0.4) is 0 Å². The van der Waals surface area contributed by atoms with Crippen LogP contribution in [0.1, 0.15) is 43.5 Å². The average molecular weight is 660 g/mol. The van der Waals surface area contributed by atoms with Crippen molar-refractivity contribution < 1.29 is 19.0 Å². The molecule has 1 aromatic heterocycles. The predicted molar refractivity (Wildman–Crippen MR) is 171 cm³/mol. The van der Waals surface area contributed by atoms with Crippen LogP contribution in [0.5, 0.6) is 11.5 Å². The fraction of sp³-hybridized carbons (Fsp3) is 0.258. The van der Waals surface area contributed by atoms with Crippen molar-refractivity contribution in [2.24, 2.45) is 0 Å². The predicted octanol–water partition coefficient (Wildman–Crippen LogP) is 8.36. The first kappa shape index (κ1) is 31.1. The van der Waals surface area contributed by atoms with Crippen molar-refractivity contribution in [3.63, 3.8) is 0 Å². The molecule has 43 heavy (non-hydrogen) atoms. The van der Waals surface area contributed by atoms with Crippen molar-refractivity contribution in [1.82, 2.24) is 14.8 Å². The third-order valence-corrected chi connectivity index (χ3v) is 8.62. The van der Waals surface area contributed by atoms with Gasteiger partial charge in [0, 0.05) is 32.1 Å². The molecule has 1 aliphatic rings. The molecule has 0 amide bonds. The van der Waals surface area contributed by atoms with Crippen molar-refractivity contribution in [1.29, 1.82) is 0 Å². The minimum absolute atomic E-state index is 0.150. The summed E-state index contributed by atoms with van der Waals surface area (Å²) >= 11 is 20.5. The number of fused-ring (bicyclic) bond motifs is 1. The maximum absolute atomic E-state index is 13.3. The maximum Gasteiger partial charge on any atom is 0.338 e. The number of rotatable bonds is 11. The van der Waals surface area contributed by atoms with E-state index in [0.29, 0.717) is 66.9 Å². The lowest BCUT2D eigenvalue weighted by Gasteiger charge is -2.28. The average Bonchev–Trinajstić information content (AvgIpc) is 3.39. The Morgan fingerprint density at radius 1 is 0.953 bits per heavy atom. The molecule has 1 N–H and O–H groups in total. The smallest absolute Gasteiger partial charge is 0.338 e. The Hall–Kier alpha value is -3.37. The van der Waals surface area contributed by atoms with Gasteiger partial charge >= 0.3 is 5.97 Å². The Kier molecular flexibility index (Phi) is 10.1. The first-order chi connectivity index (χ1) is 20.8. The highest BCUT2D eigenvalue weighted by Gasteiger charge is 2.36. The largest absolute Gasteiger partial charge is 0.490 e. The van der Waals surface area contributed by atoms with E-state index >= 15 is 0 Å². The molecule has 3 aromatic carbocycles. The van der Waals surface area contributed by atoms with Crippen LogP contribution in [0.2, 0.25) is 15.1 Å². The number of nitrogens with one attached hydrogen (secondary N) is 1. The molecular weight excluding hydrogens is 631 g/mol. The molecule has 2 heterocycles. The molecule has 8 nitrogen and oxygen atoms in total. The van der Waals surface area contributed by atoms with Crippen LogP contribution in [0, 0.1) is 0 Å². The van der Waals surface area contributed by atoms with Crippen molar-refractivity contribution in [2.45, 2.75) is 44.3 Å². The minimum Gasteiger partial charge on any atom is -0.490 e. The van der Waals surface area contributed by atoms with Gasteiger partial charge in [-0.15, -0.1) is 5.10 Å². The molecule has 0 fully saturated rings. The van der Waals surface area contributed by atoms with Crippen molar-refractivity contribution >= 4 is 58.5 Å². The number of benzene rings is 3. The molecule has 0 saturated heterocycles. The van der Waals surface area contributed by atoms with E-state index in [-0.39, 0.29) is 13.2 Å². The lowest BCUT2D eigenvalue weighted by atomic mass is 9.95. The Labute approximate surface area is 269 Å². The van der Waals surface area contributed by atoms with Crippen LogP contribution in [-0.2, 0) is 21.9 Å². The van der Waals surface area contributed by atoms with Gasteiger partial charge in [-0.25, -0.2) is 9.48 Å². The van der Waals surface area contributed by atoms with E-state index in [1.807, 2.05) is 50.2 Å². The van der Waals surface area contributed by atoms with Gasteiger partial charge in [-0.1, -0.05) is 76.9 Å². The first-order valence-electron chi connectivity index (χ1n) is 13.6. The number of esters is 1. The van der Waals surface area contributed by atoms with E-state index in [9.17, 15) is 4.79 Å². The number of aromatic nitrogens is 3. The summed E-state index contributed by atoms with van der Waals surface area (Å²) in [5.41, 5.74) is 3.43. The summed E-state index contributed by atoms with van der Waals surface area (Å²) in [6, 6.07) is 17.8. The summed E-state index contributed by atoms with van der Waals surface area (Å²) in [5.74, 6) is 1.64. The zero-order valence-corrected chi connectivity index (χ0v) is 26.8. The number of carbonyl (C=O) groups is 1. The van der Waals surface area contributed by atoms with Crippen LogP contribution >= 0.6 is 46.6 Å². The van der Waals surface area contributed by atoms with Crippen LogP contribution in [0.15, 0.2) is 77.1 Å². The maximum atomic E-state index is 13.3. The van der Waals surface area contributed by atoms with Gasteiger partial charge < -0.3 is 19.5 Å². The van der Waals surface area contributed by atoms with Crippen molar-refractivity contribution in [2.75, 3.05) is 18.5 Å². The number of hydrogen-bond donors (Lipinski definition) is 1. The Bertz CT molecular complexity index is 1660. The van der Waals surface area contributed by atoms with Crippen LogP contribution in [0.4, 0.5) is 5.95 Å². The lowest BCUT2D eigenvalue weighted by Crippen LogP contribution is -2.29. The summed E-state index contributed by atoms with van der Waals surface area (Å²) in [4.78, 5) is 18.0. The van der Waals surface area contributed by atoms with Crippen molar-refractivity contribution in [3.8, 4) is 11.5 Å². The molecule has 1 atom stereocenters. The third kappa shape index (κ3) is 6.91. The second-order valence-corrected chi connectivity index (χ2v) is 11.6. The molecule has 4 aromatic rings. The summed E-state index contributed by atoms with van der Waals surface area (Å²) < 4.78 is 19.2. The van der Waals surface area contributed by atoms with Gasteiger partial charge in [0.2, 0.25) is 11.1 Å². The van der Waals surface area contributed by atoms with Gasteiger partial charge in [0.05, 0.1) is 18.8 Å². The Morgan fingerprint density at radius 2 is 1.70 bits per heavy atom. The Morgan fingerprint density at radius 3 is 2.42 bits per heavy atom. The first-order valence-corrected chi connectivity index (χ1v) is 15.7. The normalized spacial score (nSPS) is 14.2. The lowest BCUT2D eigenvalue weighted by molar-refractivity contribution is -0.139. The van der Waals surface area contributed by atoms with Gasteiger partial charge in [0.25, 0.3) is 0 Å². The third-order valence-electron chi connectivity index (χ3n) is 6.66. The van der Waals surface area contributed by atoms with Crippen molar-refractivity contribution in [3.05, 3.63) is 104 Å². The molecule has 0 bridgehead atoms. The molecule has 224 valence electrons. The number of nitrogens with zero attached hydrogens (tertiary/aromatic N) is 3. The highest BCUT2D eigenvalue weighted by atomic mass is 35.5. The molecule has 1 aliphatic heterocycles. The summed E-state index contributed by atoms with van der Waals surface area (Å²) in [5, 5.41) is 10.3. The van der Waals surface area contributed by atoms with E-state index < -0.39 is 12.0 Å². The summed E-state index contributed by atoms with van der Waals surface area (Å²) in [6.45, 7) is 6.26. The van der Waals surface area contributed by atoms with Gasteiger partial charge in [-0.3, -0.25) is 0 Å². The number of halogens is 3. The number of ether oxygens (including phenoxy) is 3. The molecule has 0 saturated carbocycles. The van der Waals surface area contributed by atoms with Crippen LogP contribution in [0.25, 0.3) is 0 Å². The van der Waals surface area contributed by atoms with E-state index in [2.05, 4.69) is 5.32 Å². The summed E-state index contributed by atoms with van der Waals surface area (Å²) in [6.07, 6.45) is 0. The minimum atomic E-state index is -0.635. The molecule has 12 heteroatoms. The van der Waals surface area contributed by atoms with E-state index in [1.165, 1.54) is 11.8 Å². The highest BCUT2D eigenvalue weighted by molar-refractivity contribution is 7.98. The van der Waals surface area contributed by atoms with E-state index in [0.717, 1.165) is 11.1 Å². The SMILES string of the molecule is CCOC(=O)C1=C(C)Nc2nc(SCc3ccccc3Cl)nn2C1c1ccc(OCc2c(Cl)cccc2Cl)c(OCC)c1. The fourth-order valence-electron chi connectivity index (χ4n) is 4.63. The monoisotopic (exact) mass is 658 g/mol. The molecule has 5 rings (SSSR count). The topological polar surface area (TPSA) is 87.5 Å². The van der Waals surface area contributed by atoms with E-state index in [1.54, 1.807) is 35.9 Å². The second kappa shape index (κ2) is 13.9.